The third-order valence-corrected chi connectivity index (χ3v) is 8.35. The summed E-state index contributed by atoms with van der Waals surface area (Å²) in [6.07, 6.45) is 9.60. The van der Waals surface area contributed by atoms with Crippen molar-refractivity contribution >= 4 is 22.6 Å². The van der Waals surface area contributed by atoms with Gasteiger partial charge in [0.2, 0.25) is 5.91 Å². The van der Waals surface area contributed by atoms with Crippen LogP contribution >= 0.6 is 0 Å². The average Bonchev–Trinajstić information content (AvgIpc) is 3.40. The maximum Gasteiger partial charge on any atom is 0.232 e. The van der Waals surface area contributed by atoms with Gasteiger partial charge in [-0.3, -0.25) is 9.78 Å². The number of pyridine rings is 2. The van der Waals surface area contributed by atoms with Gasteiger partial charge in [0.15, 0.2) is 0 Å². The molecule has 2 heterocycles. The lowest BCUT2D eigenvalue weighted by Gasteiger charge is -2.24. The minimum absolute atomic E-state index is 0.0804. The quantitative estimate of drug-likeness (QED) is 0.574. The molecule has 1 N–H and O–H groups in total. The van der Waals surface area contributed by atoms with Crippen molar-refractivity contribution in [3.05, 3.63) is 65.7 Å². The molecule has 2 aromatic heterocycles. The number of carbonyl (C=O) groups is 1. The first kappa shape index (κ1) is 20.3. The van der Waals surface area contributed by atoms with Gasteiger partial charge < -0.3 is 5.32 Å². The Morgan fingerprint density at radius 2 is 1.85 bits per heavy atom. The molecule has 3 aliphatic carbocycles. The van der Waals surface area contributed by atoms with E-state index in [4.69, 9.17) is 5.26 Å². The lowest BCUT2D eigenvalue weighted by Crippen LogP contribution is -2.30. The molecule has 4 atom stereocenters. The van der Waals surface area contributed by atoms with Gasteiger partial charge >= 0.3 is 0 Å². The van der Waals surface area contributed by atoms with Crippen molar-refractivity contribution < 1.29 is 9.18 Å². The highest BCUT2D eigenvalue weighted by molar-refractivity contribution is 5.96. The monoisotopic (exact) mass is 440 g/mol. The van der Waals surface area contributed by atoms with Crippen LogP contribution in [0.25, 0.3) is 10.9 Å². The van der Waals surface area contributed by atoms with E-state index < -0.39 is 0 Å². The largest absolute Gasteiger partial charge is 0.310 e. The highest BCUT2D eigenvalue weighted by atomic mass is 19.1. The molecule has 6 rings (SSSR count). The topological polar surface area (TPSA) is 78.7 Å². The molecule has 5 nitrogen and oxygen atoms in total. The molecule has 0 bridgehead atoms. The maximum atomic E-state index is 13.9. The van der Waals surface area contributed by atoms with E-state index in [2.05, 4.69) is 21.4 Å². The number of benzene rings is 1. The number of nitrogens with zero attached hydrogens (tertiary/aromatic N) is 3. The summed E-state index contributed by atoms with van der Waals surface area (Å²) < 4.78 is 13.9. The maximum absolute atomic E-state index is 13.9. The smallest absolute Gasteiger partial charge is 0.232 e. The van der Waals surface area contributed by atoms with Crippen LogP contribution < -0.4 is 5.32 Å². The van der Waals surface area contributed by atoms with Crippen LogP contribution in [0.4, 0.5) is 10.2 Å². The van der Waals surface area contributed by atoms with Crippen LogP contribution in [0.5, 0.6) is 0 Å². The molecule has 0 spiro atoms. The highest BCUT2D eigenvalue weighted by Gasteiger charge is 2.59. The van der Waals surface area contributed by atoms with Gasteiger partial charge in [-0.05, 0) is 104 Å². The molecule has 3 aromatic rings. The number of hydrogen-bond donors (Lipinski definition) is 1. The summed E-state index contributed by atoms with van der Waals surface area (Å²) in [4.78, 5) is 21.8. The summed E-state index contributed by atoms with van der Waals surface area (Å²) in [5, 5.41) is 12.9. The molecular weight excluding hydrogens is 415 g/mol. The molecule has 3 fully saturated rings. The summed E-state index contributed by atoms with van der Waals surface area (Å²) in [5.74, 6) is 2.47. The molecule has 3 aliphatic rings. The van der Waals surface area contributed by atoms with E-state index in [1.807, 2.05) is 12.3 Å². The van der Waals surface area contributed by atoms with E-state index in [-0.39, 0.29) is 17.1 Å². The van der Waals surface area contributed by atoms with Crippen LogP contribution in [-0.4, -0.2) is 15.9 Å². The predicted molar refractivity (Wildman–Crippen MR) is 123 cm³/mol. The van der Waals surface area contributed by atoms with Crippen molar-refractivity contribution in [2.45, 2.75) is 44.4 Å². The average molecular weight is 441 g/mol. The second kappa shape index (κ2) is 7.62. The number of nitrogens with one attached hydrogen (secondary N) is 1. The van der Waals surface area contributed by atoms with Crippen molar-refractivity contribution in [1.29, 1.82) is 5.26 Å². The zero-order chi connectivity index (χ0) is 22.6. The number of hydrogen-bond acceptors (Lipinski definition) is 4. The summed E-state index contributed by atoms with van der Waals surface area (Å²) >= 11 is 0. The molecule has 0 saturated heterocycles. The first-order chi connectivity index (χ1) is 16.1. The Labute approximate surface area is 192 Å². The van der Waals surface area contributed by atoms with E-state index in [0.29, 0.717) is 35.1 Å². The number of carbonyl (C=O) groups excluding carboxylic acids is 1. The number of nitriles is 1. The Balaban J connectivity index is 1.15. The standard InChI is InChI=1S/C27H25FN4O/c28-21-2-3-24-23(13-21)22(5-8-30-24)19-9-17-11-20(12-18(17)10-19)27(6-7-27)26(33)32-25-4-1-16(14-29)15-31-25/h1-5,8,13,15,17-20H,6-7,9-12H2,(H,31,32,33)/t17-,18?,19?,20-/m1/s1. The van der Waals surface area contributed by atoms with Crippen molar-refractivity contribution in [3.8, 4) is 6.07 Å². The van der Waals surface area contributed by atoms with Gasteiger partial charge in [-0.25, -0.2) is 9.37 Å². The van der Waals surface area contributed by atoms with Gasteiger partial charge in [0.25, 0.3) is 0 Å². The number of aromatic nitrogens is 2. The zero-order valence-corrected chi connectivity index (χ0v) is 18.3. The Bertz CT molecular complexity index is 1260. The Morgan fingerprint density at radius 3 is 2.52 bits per heavy atom. The van der Waals surface area contributed by atoms with E-state index >= 15 is 0 Å². The zero-order valence-electron chi connectivity index (χ0n) is 18.3. The van der Waals surface area contributed by atoms with Crippen LogP contribution in [0.1, 0.15) is 55.6 Å². The molecule has 2 unspecified atom stereocenters. The van der Waals surface area contributed by atoms with Crippen molar-refractivity contribution in [3.63, 3.8) is 0 Å². The van der Waals surface area contributed by atoms with Gasteiger partial charge in [-0.1, -0.05) is 0 Å². The second-order valence-corrected chi connectivity index (χ2v) is 10.1. The first-order valence-electron chi connectivity index (χ1n) is 11.8. The summed E-state index contributed by atoms with van der Waals surface area (Å²) in [5.41, 5.74) is 2.30. The fourth-order valence-corrected chi connectivity index (χ4v) is 6.55. The molecule has 3 saturated carbocycles. The SMILES string of the molecule is N#Cc1ccc(NC(=O)C2([C@H]3CC4CC(c5ccnc6ccc(F)cc56)C[C@@H]4C3)CC2)nc1. The molecule has 166 valence electrons. The van der Waals surface area contributed by atoms with Crippen molar-refractivity contribution in [1.82, 2.24) is 9.97 Å². The highest BCUT2D eigenvalue weighted by Crippen LogP contribution is 2.63. The Morgan fingerprint density at radius 1 is 1.06 bits per heavy atom. The molecule has 6 heteroatoms. The normalized spacial score (nSPS) is 27.2. The van der Waals surface area contributed by atoms with Crippen LogP contribution in [0.2, 0.25) is 0 Å². The molecule has 1 aromatic carbocycles. The summed E-state index contributed by atoms with van der Waals surface area (Å²) in [6, 6.07) is 12.3. The minimum Gasteiger partial charge on any atom is -0.310 e. The molecular formula is C27H25FN4O. The number of rotatable bonds is 4. The van der Waals surface area contributed by atoms with Crippen molar-refractivity contribution in [2.24, 2.45) is 23.2 Å². The van der Waals surface area contributed by atoms with Crippen molar-refractivity contribution in [2.75, 3.05) is 5.32 Å². The van der Waals surface area contributed by atoms with E-state index in [1.165, 1.54) is 17.8 Å². The van der Waals surface area contributed by atoms with Crippen LogP contribution in [-0.2, 0) is 4.79 Å². The Hall–Kier alpha value is -3.33. The number of halogens is 1. The number of amides is 1. The van der Waals surface area contributed by atoms with Gasteiger partial charge in [0, 0.05) is 17.8 Å². The first-order valence-corrected chi connectivity index (χ1v) is 11.8. The van der Waals surface area contributed by atoms with Gasteiger partial charge in [0.1, 0.15) is 17.7 Å². The summed E-state index contributed by atoms with van der Waals surface area (Å²) in [6.45, 7) is 0. The van der Waals surface area contributed by atoms with Gasteiger partial charge in [0.05, 0.1) is 16.5 Å². The van der Waals surface area contributed by atoms with Crippen LogP contribution in [0.3, 0.4) is 0 Å². The van der Waals surface area contributed by atoms with Crippen LogP contribution in [0.15, 0.2) is 48.8 Å². The third-order valence-electron chi connectivity index (χ3n) is 8.35. The number of anilines is 1. The van der Waals surface area contributed by atoms with E-state index in [1.54, 1.807) is 24.3 Å². The molecule has 1 amide bonds. The lowest BCUT2D eigenvalue weighted by molar-refractivity contribution is -0.123. The lowest BCUT2D eigenvalue weighted by atomic mass is 9.83. The fraction of sp³-hybridized carbons (Fsp3) is 0.407. The second-order valence-electron chi connectivity index (χ2n) is 10.1. The molecule has 33 heavy (non-hydrogen) atoms. The predicted octanol–water partition coefficient (Wildman–Crippen LogP) is 5.58. The fourth-order valence-electron chi connectivity index (χ4n) is 6.55. The van der Waals surface area contributed by atoms with E-state index in [0.717, 1.165) is 49.4 Å². The van der Waals surface area contributed by atoms with E-state index in [9.17, 15) is 9.18 Å². The molecule has 0 radical (unpaired) electrons. The molecule has 0 aliphatic heterocycles. The van der Waals surface area contributed by atoms with Gasteiger partial charge in [-0.15, -0.1) is 0 Å². The summed E-state index contributed by atoms with van der Waals surface area (Å²) in [7, 11) is 0. The van der Waals surface area contributed by atoms with Gasteiger partial charge in [-0.2, -0.15) is 5.26 Å². The number of fused-ring (bicyclic) bond motifs is 2. The Kier molecular flexibility index (Phi) is 4.69. The minimum atomic E-state index is -0.262. The van der Waals surface area contributed by atoms with Crippen LogP contribution in [0, 0.1) is 40.3 Å². The third kappa shape index (κ3) is 3.47.